The normalized spacial score (nSPS) is 14.1. The fourth-order valence-corrected chi connectivity index (χ4v) is 6.26. The number of benzene rings is 3. The number of rotatable bonds is 10. The summed E-state index contributed by atoms with van der Waals surface area (Å²) in [5.41, 5.74) is 3.18. The predicted octanol–water partition coefficient (Wildman–Crippen LogP) is 6.61. The van der Waals surface area contributed by atoms with Crippen LogP contribution >= 0.6 is 0 Å². The molecule has 1 fully saturated rings. The second-order valence-electron chi connectivity index (χ2n) is 12.5. The molecule has 2 aromatic heterocycles. The molecule has 2 aliphatic rings. The standard InChI is InChI=1S/C38H37F3N8O4/c1-51-30-10-6-25(7-11-30)23-48(24-26-8-12-31(52-2)13-9-26)35-42-21-27(22-43-35)33-32-14-15-49(34(32)46-36(45-33)47-16-18-53-19-17-47)37(50)44-29-5-3-4-28(20-29)38(39,40)41/h3-13,20-22H,14-19,23-24H2,1-2H3,(H,44,50). The van der Waals surface area contributed by atoms with Crippen LogP contribution in [0.25, 0.3) is 11.3 Å². The maximum absolute atomic E-state index is 13.6. The fourth-order valence-electron chi connectivity index (χ4n) is 6.26. The zero-order chi connectivity index (χ0) is 37.0. The van der Waals surface area contributed by atoms with Gasteiger partial charge in [-0.25, -0.2) is 19.7 Å². The van der Waals surface area contributed by atoms with Crippen molar-refractivity contribution in [3.8, 4) is 22.8 Å². The summed E-state index contributed by atoms with van der Waals surface area (Å²) in [7, 11) is 3.26. The van der Waals surface area contributed by atoms with Crippen molar-refractivity contribution in [2.24, 2.45) is 0 Å². The van der Waals surface area contributed by atoms with E-state index in [1.807, 2.05) is 53.4 Å². The lowest BCUT2D eigenvalue weighted by Gasteiger charge is -2.28. The van der Waals surface area contributed by atoms with Gasteiger partial charge in [0.15, 0.2) is 0 Å². The number of morpholine rings is 1. The van der Waals surface area contributed by atoms with Crippen LogP contribution in [0.2, 0.25) is 0 Å². The number of urea groups is 1. The van der Waals surface area contributed by atoms with Crippen molar-refractivity contribution in [2.75, 3.05) is 67.1 Å². The number of methoxy groups -OCH3 is 2. The summed E-state index contributed by atoms with van der Waals surface area (Å²) in [6.45, 7) is 3.39. The van der Waals surface area contributed by atoms with Crippen LogP contribution in [0, 0.1) is 0 Å². The van der Waals surface area contributed by atoms with E-state index in [1.54, 1.807) is 26.6 Å². The van der Waals surface area contributed by atoms with Crippen LogP contribution in [0.5, 0.6) is 11.5 Å². The second-order valence-corrected chi connectivity index (χ2v) is 12.5. The molecule has 3 aromatic carbocycles. The Morgan fingerprint density at radius 1 is 0.868 bits per heavy atom. The van der Waals surface area contributed by atoms with E-state index in [9.17, 15) is 18.0 Å². The molecule has 1 saturated heterocycles. The minimum absolute atomic E-state index is 0.0266. The molecule has 0 atom stereocenters. The van der Waals surface area contributed by atoms with Gasteiger partial charge < -0.3 is 29.3 Å². The van der Waals surface area contributed by atoms with Gasteiger partial charge in [0.05, 0.1) is 38.7 Å². The first-order chi connectivity index (χ1) is 25.7. The molecule has 0 unspecified atom stereocenters. The van der Waals surface area contributed by atoms with Gasteiger partial charge in [0.1, 0.15) is 17.3 Å². The molecule has 7 rings (SSSR count). The SMILES string of the molecule is COc1ccc(CN(Cc2ccc(OC)cc2)c2ncc(-c3nc(N4CCOCC4)nc4c3CCN4C(=O)Nc3cccc(C(F)(F)F)c3)cn2)cc1. The molecule has 0 bridgehead atoms. The highest BCUT2D eigenvalue weighted by molar-refractivity contribution is 6.03. The lowest BCUT2D eigenvalue weighted by Crippen LogP contribution is -2.38. The van der Waals surface area contributed by atoms with Crippen LogP contribution in [0.3, 0.4) is 0 Å². The van der Waals surface area contributed by atoms with Gasteiger partial charge in [-0.2, -0.15) is 18.2 Å². The molecular weight excluding hydrogens is 689 g/mol. The minimum Gasteiger partial charge on any atom is -0.497 e. The number of hydrogen-bond acceptors (Lipinski definition) is 10. The number of fused-ring (bicyclic) bond motifs is 1. The molecule has 15 heteroatoms. The highest BCUT2D eigenvalue weighted by Crippen LogP contribution is 2.37. The summed E-state index contributed by atoms with van der Waals surface area (Å²) in [4.78, 5) is 38.4. The third-order valence-corrected chi connectivity index (χ3v) is 9.05. The first kappa shape index (κ1) is 35.4. The van der Waals surface area contributed by atoms with Crippen LogP contribution in [-0.4, -0.2) is 73.0 Å². The van der Waals surface area contributed by atoms with E-state index in [-0.39, 0.29) is 12.2 Å². The smallest absolute Gasteiger partial charge is 0.416 e. The van der Waals surface area contributed by atoms with E-state index in [4.69, 9.17) is 34.1 Å². The summed E-state index contributed by atoms with van der Waals surface area (Å²) < 4.78 is 56.3. The van der Waals surface area contributed by atoms with E-state index in [1.165, 1.54) is 17.0 Å². The van der Waals surface area contributed by atoms with Gasteiger partial charge >= 0.3 is 12.2 Å². The van der Waals surface area contributed by atoms with Crippen LogP contribution in [0.1, 0.15) is 22.3 Å². The molecule has 5 aromatic rings. The van der Waals surface area contributed by atoms with Gasteiger partial charge in [-0.1, -0.05) is 30.3 Å². The Bertz CT molecular complexity index is 1990. The number of aromatic nitrogens is 4. The zero-order valence-corrected chi connectivity index (χ0v) is 29.1. The quantitative estimate of drug-likeness (QED) is 0.169. The summed E-state index contributed by atoms with van der Waals surface area (Å²) >= 11 is 0. The van der Waals surface area contributed by atoms with E-state index in [0.29, 0.717) is 80.3 Å². The van der Waals surface area contributed by atoms with E-state index < -0.39 is 17.8 Å². The van der Waals surface area contributed by atoms with Gasteiger partial charge in [0.2, 0.25) is 11.9 Å². The van der Waals surface area contributed by atoms with Crippen molar-refractivity contribution in [3.05, 3.63) is 107 Å². The third-order valence-electron chi connectivity index (χ3n) is 9.05. The van der Waals surface area contributed by atoms with Gasteiger partial charge in [-0.15, -0.1) is 0 Å². The molecule has 53 heavy (non-hydrogen) atoms. The summed E-state index contributed by atoms with van der Waals surface area (Å²) in [6, 6.07) is 19.6. The maximum Gasteiger partial charge on any atom is 0.416 e. The highest BCUT2D eigenvalue weighted by atomic mass is 19.4. The van der Waals surface area contributed by atoms with E-state index >= 15 is 0 Å². The number of carbonyl (C=O) groups is 1. The van der Waals surface area contributed by atoms with Crippen LogP contribution in [-0.2, 0) is 30.4 Å². The topological polar surface area (TPSA) is 118 Å². The predicted molar refractivity (Wildman–Crippen MR) is 193 cm³/mol. The average molecular weight is 727 g/mol. The number of anilines is 4. The Hall–Kier alpha value is -5.96. The Kier molecular flexibility index (Phi) is 10.3. The number of carbonyl (C=O) groups excluding carboxylic acids is 1. The Balaban J connectivity index is 1.20. The molecule has 4 heterocycles. The van der Waals surface area contributed by atoms with Crippen LogP contribution < -0.4 is 29.5 Å². The lowest BCUT2D eigenvalue weighted by atomic mass is 10.1. The van der Waals surface area contributed by atoms with Gasteiger partial charge in [-0.05, 0) is 60.0 Å². The number of nitrogens with one attached hydrogen (secondary N) is 1. The molecule has 2 aliphatic heterocycles. The second kappa shape index (κ2) is 15.3. The molecule has 0 radical (unpaired) electrons. The largest absolute Gasteiger partial charge is 0.497 e. The Morgan fingerprint density at radius 2 is 1.49 bits per heavy atom. The fraction of sp³-hybridized carbons (Fsp3) is 0.289. The summed E-state index contributed by atoms with van der Waals surface area (Å²) in [5.74, 6) is 2.81. The number of hydrogen-bond donors (Lipinski definition) is 1. The van der Waals surface area contributed by atoms with Gasteiger partial charge in [-0.3, -0.25) is 4.90 Å². The number of ether oxygens (including phenoxy) is 3. The first-order valence-electron chi connectivity index (χ1n) is 17.0. The number of alkyl halides is 3. The zero-order valence-electron chi connectivity index (χ0n) is 29.1. The molecule has 274 valence electrons. The van der Waals surface area contributed by atoms with Crippen molar-refractivity contribution in [1.29, 1.82) is 0 Å². The molecule has 2 amide bonds. The average Bonchev–Trinajstić information content (AvgIpc) is 3.62. The van der Waals surface area contributed by atoms with Crippen molar-refractivity contribution < 1.29 is 32.2 Å². The monoisotopic (exact) mass is 726 g/mol. The number of halogens is 3. The van der Waals surface area contributed by atoms with Gasteiger partial charge in [0.25, 0.3) is 0 Å². The van der Waals surface area contributed by atoms with Crippen molar-refractivity contribution >= 4 is 29.4 Å². The molecular formula is C38H37F3N8O4. The molecule has 12 nitrogen and oxygen atoms in total. The van der Waals surface area contributed by atoms with Crippen molar-refractivity contribution in [2.45, 2.75) is 25.7 Å². The molecule has 0 aliphatic carbocycles. The number of nitrogens with zero attached hydrogens (tertiary/aromatic N) is 7. The summed E-state index contributed by atoms with van der Waals surface area (Å²) in [6.07, 6.45) is -0.689. The highest BCUT2D eigenvalue weighted by Gasteiger charge is 2.33. The molecule has 0 saturated carbocycles. The van der Waals surface area contributed by atoms with Crippen LogP contribution in [0.4, 0.5) is 41.4 Å². The lowest BCUT2D eigenvalue weighted by molar-refractivity contribution is -0.137. The van der Waals surface area contributed by atoms with Crippen LogP contribution in [0.15, 0.2) is 85.2 Å². The third kappa shape index (κ3) is 8.09. The van der Waals surface area contributed by atoms with Crippen molar-refractivity contribution in [3.63, 3.8) is 0 Å². The first-order valence-corrected chi connectivity index (χ1v) is 17.0. The van der Waals surface area contributed by atoms with E-state index in [0.717, 1.165) is 34.8 Å². The minimum atomic E-state index is -4.55. The Morgan fingerprint density at radius 3 is 2.08 bits per heavy atom. The summed E-state index contributed by atoms with van der Waals surface area (Å²) in [5, 5.41) is 2.62. The van der Waals surface area contributed by atoms with E-state index in [2.05, 4.69) is 10.2 Å². The maximum atomic E-state index is 13.6. The number of amides is 2. The molecule has 1 N–H and O–H groups in total. The molecule has 0 spiro atoms. The van der Waals surface area contributed by atoms with Crippen molar-refractivity contribution in [1.82, 2.24) is 19.9 Å². The van der Waals surface area contributed by atoms with Gasteiger partial charge in [0, 0.05) is 61.9 Å². The Labute approximate surface area is 304 Å².